The Morgan fingerprint density at radius 3 is 2.58 bits per heavy atom. The lowest BCUT2D eigenvalue weighted by atomic mass is 10.1. The first-order valence-corrected chi connectivity index (χ1v) is 9.74. The molecule has 9 heteroatoms. The lowest BCUT2D eigenvalue weighted by Crippen LogP contribution is -2.31. The molecule has 2 aromatic heterocycles. The van der Waals surface area contributed by atoms with Crippen molar-refractivity contribution >= 4 is 39.2 Å². The summed E-state index contributed by atoms with van der Waals surface area (Å²) >= 11 is 3.15. The van der Waals surface area contributed by atoms with Crippen molar-refractivity contribution < 1.29 is 0 Å². The molecule has 0 saturated carbocycles. The van der Waals surface area contributed by atoms with Crippen LogP contribution < -0.4 is 0 Å². The zero-order chi connectivity index (χ0) is 18.1. The molecule has 3 heterocycles. The second kappa shape index (κ2) is 7.00. The smallest absolute Gasteiger partial charge is 0.236 e. The predicted molar refractivity (Wildman–Crippen MR) is 106 cm³/mol. The molecule has 0 bridgehead atoms. The molecule has 0 spiro atoms. The van der Waals surface area contributed by atoms with Gasteiger partial charge in [0.15, 0.2) is 0 Å². The van der Waals surface area contributed by atoms with Crippen LogP contribution in [0.25, 0.3) is 0 Å². The van der Waals surface area contributed by atoms with Crippen LogP contribution in [-0.2, 0) is 0 Å². The van der Waals surface area contributed by atoms with Gasteiger partial charge in [0.05, 0.1) is 5.04 Å². The Balaban J connectivity index is 1.78. The molecule has 132 valence electrons. The second-order valence-electron chi connectivity index (χ2n) is 5.83. The number of hydrogen-bond acceptors (Lipinski definition) is 7. The van der Waals surface area contributed by atoms with Crippen molar-refractivity contribution in [2.24, 2.45) is 10.1 Å². The highest BCUT2D eigenvalue weighted by Gasteiger charge is 2.31. The highest BCUT2D eigenvalue weighted by atomic mass is 32.2. The highest BCUT2D eigenvalue weighted by molar-refractivity contribution is 8.14. The number of rotatable bonds is 2. The van der Waals surface area contributed by atoms with Crippen molar-refractivity contribution in [3.05, 3.63) is 59.1 Å². The van der Waals surface area contributed by atoms with Gasteiger partial charge in [-0.15, -0.1) is 10.2 Å². The van der Waals surface area contributed by atoms with E-state index in [0.29, 0.717) is 11.1 Å². The molecule has 1 aromatic carbocycles. The number of nitrogens with zero attached hydrogens (tertiary/aromatic N) is 7. The van der Waals surface area contributed by atoms with Gasteiger partial charge in [-0.05, 0) is 26.3 Å². The van der Waals surface area contributed by atoms with Crippen LogP contribution in [0.5, 0.6) is 0 Å². The number of hydrogen-bond donors (Lipinski definition) is 0. The Kier molecular flexibility index (Phi) is 4.56. The largest absolute Gasteiger partial charge is 0.275 e. The molecule has 0 N–H and O–H groups in total. The topological polar surface area (TPSA) is 71.6 Å². The molecule has 1 atom stereocenters. The van der Waals surface area contributed by atoms with Crippen LogP contribution in [0.4, 0.5) is 5.13 Å². The third-order valence-electron chi connectivity index (χ3n) is 3.77. The summed E-state index contributed by atoms with van der Waals surface area (Å²) in [7, 11) is 0. The molecule has 7 nitrogen and oxygen atoms in total. The third kappa shape index (κ3) is 3.40. The molecule has 26 heavy (non-hydrogen) atoms. The van der Waals surface area contributed by atoms with E-state index in [4.69, 9.17) is 10.1 Å². The van der Waals surface area contributed by atoms with Gasteiger partial charge >= 0.3 is 0 Å². The van der Waals surface area contributed by atoms with Crippen molar-refractivity contribution in [2.75, 3.05) is 0 Å². The van der Waals surface area contributed by atoms with Gasteiger partial charge in [0.2, 0.25) is 11.1 Å². The van der Waals surface area contributed by atoms with Crippen LogP contribution >= 0.6 is 23.1 Å². The molecule has 0 aliphatic carbocycles. The van der Waals surface area contributed by atoms with Crippen LogP contribution in [0.2, 0.25) is 0 Å². The van der Waals surface area contributed by atoms with E-state index in [-0.39, 0.29) is 5.37 Å². The third-order valence-corrected chi connectivity index (χ3v) is 5.62. The van der Waals surface area contributed by atoms with E-state index in [1.807, 2.05) is 29.6 Å². The summed E-state index contributed by atoms with van der Waals surface area (Å²) in [6.45, 7) is 6.00. The van der Waals surface area contributed by atoms with Crippen LogP contribution in [0.1, 0.15) is 28.4 Å². The lowest BCUT2D eigenvalue weighted by molar-refractivity contribution is 0.424. The molecule has 1 aliphatic heterocycles. The van der Waals surface area contributed by atoms with Gasteiger partial charge in [0, 0.05) is 12.4 Å². The fraction of sp³-hybridized carbons (Fsp3) is 0.235. The van der Waals surface area contributed by atoms with Gasteiger partial charge in [-0.2, -0.15) is 10.1 Å². The predicted octanol–water partition coefficient (Wildman–Crippen LogP) is 3.97. The molecule has 4 rings (SSSR count). The fourth-order valence-electron chi connectivity index (χ4n) is 2.55. The van der Waals surface area contributed by atoms with Gasteiger partial charge in [-0.3, -0.25) is 4.57 Å². The Labute approximate surface area is 159 Å². The number of benzene rings is 1. The summed E-state index contributed by atoms with van der Waals surface area (Å²) in [5.74, 6) is 0.647. The van der Waals surface area contributed by atoms with Crippen molar-refractivity contribution in [3.8, 4) is 0 Å². The van der Waals surface area contributed by atoms with E-state index in [9.17, 15) is 0 Å². The molecule has 1 unspecified atom stereocenters. The number of hydrazone groups is 1. The summed E-state index contributed by atoms with van der Waals surface area (Å²) in [6.07, 6.45) is 5.29. The summed E-state index contributed by atoms with van der Waals surface area (Å²) < 4.78 is 1.85. The summed E-state index contributed by atoms with van der Waals surface area (Å²) in [6, 6.07) is 8.50. The minimum absolute atomic E-state index is 0.00534. The maximum atomic E-state index is 4.72. The van der Waals surface area contributed by atoms with Gasteiger partial charge in [-0.25, -0.2) is 9.99 Å². The molecular weight excluding hydrogens is 366 g/mol. The zero-order valence-electron chi connectivity index (χ0n) is 14.6. The monoisotopic (exact) mass is 383 g/mol. The number of aromatic nitrogens is 4. The summed E-state index contributed by atoms with van der Waals surface area (Å²) in [4.78, 5) is 8.88. The van der Waals surface area contributed by atoms with Crippen molar-refractivity contribution in [3.63, 3.8) is 0 Å². The average molecular weight is 384 g/mol. The van der Waals surface area contributed by atoms with Gasteiger partial charge in [0.1, 0.15) is 16.7 Å². The van der Waals surface area contributed by atoms with E-state index in [0.717, 1.165) is 10.1 Å². The SMILES string of the molecule is CC1=NN(/C(=N\c2nnc(C)s2)n2ccnc2)C(c2ccc(C)cc2)S1. The number of thioether (sulfide) groups is 1. The Morgan fingerprint density at radius 2 is 1.92 bits per heavy atom. The lowest BCUT2D eigenvalue weighted by Gasteiger charge is -2.24. The van der Waals surface area contributed by atoms with Crippen LogP contribution in [-0.4, -0.2) is 35.8 Å². The molecular formula is C17H17N7S2. The Hall–Kier alpha value is -2.52. The van der Waals surface area contributed by atoms with Crippen molar-refractivity contribution in [1.29, 1.82) is 0 Å². The van der Waals surface area contributed by atoms with Crippen LogP contribution in [0, 0.1) is 13.8 Å². The first-order valence-electron chi connectivity index (χ1n) is 8.05. The van der Waals surface area contributed by atoms with Gasteiger partial charge in [-0.1, -0.05) is 52.9 Å². The Bertz CT molecular complexity index is 957. The second-order valence-corrected chi connectivity index (χ2v) is 8.26. The molecule has 0 saturated heterocycles. The average Bonchev–Trinajstić information content (AvgIpc) is 3.35. The van der Waals surface area contributed by atoms with Crippen molar-refractivity contribution in [2.45, 2.75) is 26.1 Å². The summed E-state index contributed by atoms with van der Waals surface area (Å²) in [5, 5.41) is 17.3. The van der Waals surface area contributed by atoms with E-state index < -0.39 is 0 Å². The number of aliphatic imine (C=N–C) groups is 1. The van der Waals surface area contributed by atoms with E-state index in [2.05, 4.69) is 46.4 Å². The molecule has 3 aromatic rings. The summed E-state index contributed by atoms with van der Waals surface area (Å²) in [5.41, 5.74) is 2.40. The van der Waals surface area contributed by atoms with Crippen LogP contribution in [0.15, 0.2) is 53.1 Å². The normalized spacial score (nSPS) is 17.7. The number of imidazole rings is 1. The van der Waals surface area contributed by atoms with Gasteiger partial charge in [0.25, 0.3) is 0 Å². The Morgan fingerprint density at radius 1 is 1.12 bits per heavy atom. The molecule has 0 fully saturated rings. The number of aryl methyl sites for hydroxylation is 2. The first-order chi connectivity index (χ1) is 12.6. The van der Waals surface area contributed by atoms with E-state index in [1.165, 1.54) is 22.5 Å². The molecule has 1 aliphatic rings. The fourth-order valence-corrected chi connectivity index (χ4v) is 4.10. The quantitative estimate of drug-likeness (QED) is 0.495. The minimum atomic E-state index is 0.00534. The maximum Gasteiger partial charge on any atom is 0.236 e. The molecule has 0 amide bonds. The first kappa shape index (κ1) is 16.9. The van der Waals surface area contributed by atoms with E-state index in [1.54, 1.807) is 24.3 Å². The zero-order valence-corrected chi connectivity index (χ0v) is 16.2. The highest BCUT2D eigenvalue weighted by Crippen LogP contribution is 2.40. The standard InChI is InChI=1S/C17H17N7S2/c1-11-4-6-14(7-5-11)15-24(22-13(3)25-15)17(23-9-8-18-10-23)19-16-21-20-12(2)26-16/h4-10,15H,1-3H3/b19-17-. The minimum Gasteiger partial charge on any atom is -0.275 e. The van der Waals surface area contributed by atoms with E-state index >= 15 is 0 Å². The molecule has 0 radical (unpaired) electrons. The van der Waals surface area contributed by atoms with Crippen molar-refractivity contribution in [1.82, 2.24) is 24.8 Å². The van der Waals surface area contributed by atoms with Crippen LogP contribution in [0.3, 0.4) is 0 Å². The maximum absolute atomic E-state index is 4.72. The van der Waals surface area contributed by atoms with Gasteiger partial charge < -0.3 is 0 Å².